The van der Waals surface area contributed by atoms with E-state index in [1.54, 1.807) is 12.3 Å². The van der Waals surface area contributed by atoms with Gasteiger partial charge in [0.05, 0.1) is 5.92 Å². The molecule has 0 saturated heterocycles. The van der Waals surface area contributed by atoms with Gasteiger partial charge in [-0.1, -0.05) is 6.07 Å². The molecule has 5 nitrogen and oxygen atoms in total. The van der Waals surface area contributed by atoms with Crippen molar-refractivity contribution in [1.82, 2.24) is 9.97 Å². The van der Waals surface area contributed by atoms with Crippen LogP contribution < -0.4 is 10.5 Å². The third-order valence-electron chi connectivity index (χ3n) is 4.80. The van der Waals surface area contributed by atoms with Crippen LogP contribution in [0.1, 0.15) is 17.4 Å². The highest BCUT2D eigenvalue weighted by Gasteiger charge is 2.26. The second-order valence-electron chi connectivity index (χ2n) is 6.67. The summed E-state index contributed by atoms with van der Waals surface area (Å²) < 4.78 is 25.3. The fourth-order valence-electron chi connectivity index (χ4n) is 3.45. The van der Waals surface area contributed by atoms with Crippen molar-refractivity contribution >= 4 is 16.9 Å². The van der Waals surface area contributed by atoms with Crippen LogP contribution in [0.4, 0.5) is 10.2 Å². The zero-order valence-corrected chi connectivity index (χ0v) is 14.4. The van der Waals surface area contributed by atoms with Crippen molar-refractivity contribution in [3.8, 4) is 16.9 Å². The molecule has 6 heteroatoms. The molecule has 3 heterocycles. The van der Waals surface area contributed by atoms with Crippen LogP contribution >= 0.6 is 0 Å². The van der Waals surface area contributed by atoms with E-state index in [1.807, 2.05) is 30.3 Å². The van der Waals surface area contributed by atoms with E-state index in [9.17, 15) is 4.39 Å². The van der Waals surface area contributed by atoms with Crippen LogP contribution in [0.25, 0.3) is 22.2 Å². The van der Waals surface area contributed by atoms with Gasteiger partial charge in [-0.2, -0.15) is 0 Å². The third-order valence-corrected chi connectivity index (χ3v) is 4.80. The van der Waals surface area contributed by atoms with Crippen molar-refractivity contribution in [1.29, 1.82) is 0 Å². The maximum Gasteiger partial charge on any atom is 0.202 e. The lowest BCUT2D eigenvalue weighted by Crippen LogP contribution is -2.19. The first-order valence-electron chi connectivity index (χ1n) is 8.69. The summed E-state index contributed by atoms with van der Waals surface area (Å²) in [5, 5.41) is 0. The number of rotatable bonds is 2. The maximum atomic E-state index is 13.5. The average Bonchev–Trinajstić information content (AvgIpc) is 3.10. The molecule has 0 bridgehead atoms. The Morgan fingerprint density at radius 2 is 1.93 bits per heavy atom. The minimum absolute atomic E-state index is 0.0493. The number of halogens is 1. The highest BCUT2D eigenvalue weighted by molar-refractivity contribution is 5.80. The SMILES string of the molecule is Nc1cc(-c2ccc3nc(C4COc5ccc(F)cc5C4)oc3c2)ccn1. The second-order valence-corrected chi connectivity index (χ2v) is 6.67. The molecular weight excluding hydrogens is 345 g/mol. The zero-order chi connectivity index (χ0) is 18.4. The maximum absolute atomic E-state index is 13.5. The molecule has 0 amide bonds. The Bertz CT molecular complexity index is 1160. The van der Waals surface area contributed by atoms with Gasteiger partial charge in [0.1, 0.15) is 29.5 Å². The van der Waals surface area contributed by atoms with Gasteiger partial charge in [0.15, 0.2) is 5.58 Å². The Labute approximate surface area is 154 Å². The van der Waals surface area contributed by atoms with E-state index in [0.29, 0.717) is 30.3 Å². The molecule has 1 unspecified atom stereocenters. The monoisotopic (exact) mass is 361 g/mol. The number of hydrogen-bond acceptors (Lipinski definition) is 5. The third kappa shape index (κ3) is 2.89. The molecule has 0 radical (unpaired) electrons. The van der Waals surface area contributed by atoms with Crippen molar-refractivity contribution in [2.75, 3.05) is 12.3 Å². The van der Waals surface area contributed by atoms with Crippen LogP contribution in [0.5, 0.6) is 5.75 Å². The van der Waals surface area contributed by atoms with E-state index in [2.05, 4.69) is 9.97 Å². The first-order chi connectivity index (χ1) is 13.2. The molecular formula is C21H16FN3O2. The zero-order valence-electron chi connectivity index (χ0n) is 14.4. The van der Waals surface area contributed by atoms with Crippen molar-refractivity contribution < 1.29 is 13.5 Å². The Morgan fingerprint density at radius 1 is 1.04 bits per heavy atom. The molecule has 0 fully saturated rings. The number of fused-ring (bicyclic) bond motifs is 2. The predicted octanol–water partition coefficient (Wildman–Crippen LogP) is 4.33. The molecule has 2 aromatic carbocycles. The van der Waals surface area contributed by atoms with Gasteiger partial charge in [-0.25, -0.2) is 14.4 Å². The van der Waals surface area contributed by atoms with Gasteiger partial charge in [0.2, 0.25) is 5.89 Å². The molecule has 1 aliphatic heterocycles. The first-order valence-corrected chi connectivity index (χ1v) is 8.69. The number of aromatic nitrogens is 2. The number of nitrogens with two attached hydrogens (primary N) is 1. The Kier molecular flexibility index (Phi) is 3.57. The lowest BCUT2D eigenvalue weighted by molar-refractivity contribution is 0.243. The van der Waals surface area contributed by atoms with Crippen molar-refractivity contribution in [2.24, 2.45) is 0 Å². The van der Waals surface area contributed by atoms with Crippen molar-refractivity contribution in [2.45, 2.75) is 12.3 Å². The van der Waals surface area contributed by atoms with E-state index in [0.717, 1.165) is 28.0 Å². The number of ether oxygens (including phenoxy) is 1. The summed E-state index contributed by atoms with van der Waals surface area (Å²) in [4.78, 5) is 8.63. The fourth-order valence-corrected chi connectivity index (χ4v) is 3.45. The Hall–Kier alpha value is -3.41. The number of nitrogens with zero attached hydrogens (tertiary/aromatic N) is 2. The molecule has 134 valence electrons. The average molecular weight is 361 g/mol. The number of oxazole rings is 1. The molecule has 0 saturated carbocycles. The molecule has 2 N–H and O–H groups in total. The fraction of sp³-hybridized carbons (Fsp3) is 0.143. The van der Waals surface area contributed by atoms with Gasteiger partial charge >= 0.3 is 0 Å². The molecule has 1 atom stereocenters. The van der Waals surface area contributed by atoms with Crippen molar-refractivity contribution in [3.05, 3.63) is 72.0 Å². The number of hydrogen-bond donors (Lipinski definition) is 1. The van der Waals surface area contributed by atoms with E-state index in [1.165, 1.54) is 12.1 Å². The molecule has 2 aromatic heterocycles. The number of nitrogen functional groups attached to an aromatic ring is 1. The van der Waals surface area contributed by atoms with E-state index in [-0.39, 0.29) is 11.7 Å². The highest BCUT2D eigenvalue weighted by atomic mass is 19.1. The van der Waals surface area contributed by atoms with Gasteiger partial charge < -0.3 is 14.9 Å². The van der Waals surface area contributed by atoms with Crippen LogP contribution in [0, 0.1) is 5.82 Å². The van der Waals surface area contributed by atoms with Crippen molar-refractivity contribution in [3.63, 3.8) is 0 Å². The highest BCUT2D eigenvalue weighted by Crippen LogP contribution is 2.34. The van der Waals surface area contributed by atoms with Gasteiger partial charge in [0, 0.05) is 6.20 Å². The number of benzene rings is 2. The smallest absolute Gasteiger partial charge is 0.202 e. The summed E-state index contributed by atoms with van der Waals surface area (Å²) >= 11 is 0. The number of anilines is 1. The molecule has 0 aliphatic carbocycles. The predicted molar refractivity (Wildman–Crippen MR) is 100.0 cm³/mol. The summed E-state index contributed by atoms with van der Waals surface area (Å²) in [6.07, 6.45) is 2.31. The first kappa shape index (κ1) is 15.8. The Morgan fingerprint density at radius 3 is 2.81 bits per heavy atom. The van der Waals surface area contributed by atoms with Gasteiger partial charge in [-0.15, -0.1) is 0 Å². The topological polar surface area (TPSA) is 74.2 Å². The molecule has 0 spiro atoms. The number of pyridine rings is 1. The second kappa shape index (κ2) is 6.09. The molecule has 5 rings (SSSR count). The minimum atomic E-state index is -0.267. The van der Waals surface area contributed by atoms with Crippen LogP contribution in [-0.4, -0.2) is 16.6 Å². The van der Waals surface area contributed by atoms with Crippen LogP contribution in [-0.2, 0) is 6.42 Å². The van der Waals surface area contributed by atoms with E-state index >= 15 is 0 Å². The normalized spacial score (nSPS) is 16.1. The lowest BCUT2D eigenvalue weighted by Gasteiger charge is -2.23. The van der Waals surface area contributed by atoms with Gasteiger partial charge in [-0.05, 0) is 65.6 Å². The van der Waals surface area contributed by atoms with Crippen LogP contribution in [0.2, 0.25) is 0 Å². The quantitative estimate of drug-likeness (QED) is 0.575. The minimum Gasteiger partial charge on any atom is -0.492 e. The molecule has 27 heavy (non-hydrogen) atoms. The summed E-state index contributed by atoms with van der Waals surface area (Å²) in [5.74, 6) is 1.48. The molecule has 4 aromatic rings. The molecule has 1 aliphatic rings. The summed E-state index contributed by atoms with van der Waals surface area (Å²) in [6, 6.07) is 14.1. The van der Waals surface area contributed by atoms with Gasteiger partial charge in [-0.3, -0.25) is 0 Å². The summed E-state index contributed by atoms with van der Waals surface area (Å²) in [5.41, 5.74) is 10.0. The summed E-state index contributed by atoms with van der Waals surface area (Å²) in [6.45, 7) is 0.458. The largest absolute Gasteiger partial charge is 0.492 e. The summed E-state index contributed by atoms with van der Waals surface area (Å²) in [7, 11) is 0. The standard InChI is InChI=1S/C21H16FN3O2/c22-16-2-4-18-14(8-16)7-15(11-26-18)21-25-17-3-1-12(9-19(17)27-21)13-5-6-24-20(23)10-13/h1-6,8-10,15H,7,11H2,(H2,23,24). The Balaban J connectivity index is 1.48. The van der Waals surface area contributed by atoms with Gasteiger partial charge in [0.25, 0.3) is 0 Å². The lowest BCUT2D eigenvalue weighted by atomic mass is 9.96. The van der Waals surface area contributed by atoms with Crippen LogP contribution in [0.15, 0.2) is 59.1 Å². The van der Waals surface area contributed by atoms with E-state index < -0.39 is 0 Å². The van der Waals surface area contributed by atoms with E-state index in [4.69, 9.17) is 14.9 Å². The van der Waals surface area contributed by atoms with Crippen LogP contribution in [0.3, 0.4) is 0 Å².